The van der Waals surface area contributed by atoms with Crippen molar-refractivity contribution >= 4 is 11.3 Å². The van der Waals surface area contributed by atoms with Crippen LogP contribution in [0, 0.1) is 11.8 Å². The fourth-order valence-electron chi connectivity index (χ4n) is 2.72. The normalized spacial score (nSPS) is 17.5. The third-order valence-corrected chi connectivity index (χ3v) is 4.49. The molecule has 104 valence electrons. The summed E-state index contributed by atoms with van der Waals surface area (Å²) >= 11 is 1.72. The number of hydrogen-bond acceptors (Lipinski definition) is 4. The van der Waals surface area contributed by atoms with Gasteiger partial charge in [0.05, 0.1) is 12.1 Å². The van der Waals surface area contributed by atoms with Crippen molar-refractivity contribution in [3.05, 3.63) is 21.9 Å². The molecule has 1 aromatic heterocycles. The van der Waals surface area contributed by atoms with Crippen molar-refractivity contribution in [1.82, 2.24) is 4.90 Å². The summed E-state index contributed by atoms with van der Waals surface area (Å²) in [6, 6.07) is 2.04. The highest BCUT2D eigenvalue weighted by Gasteiger charge is 2.32. The summed E-state index contributed by atoms with van der Waals surface area (Å²) in [4.78, 5) is 3.45. The zero-order chi connectivity index (χ0) is 13.7. The van der Waals surface area contributed by atoms with Crippen molar-refractivity contribution < 1.29 is 5.11 Å². The maximum absolute atomic E-state index is 10.4. The van der Waals surface area contributed by atoms with Crippen LogP contribution in [-0.4, -0.2) is 35.7 Å². The molecule has 0 unspecified atom stereocenters. The topological polar surface area (TPSA) is 49.5 Å². The average Bonchev–Trinajstić information content (AvgIpc) is 2.96. The van der Waals surface area contributed by atoms with Gasteiger partial charge in [-0.1, -0.05) is 24.7 Å². The molecule has 1 aromatic rings. The van der Waals surface area contributed by atoms with Crippen LogP contribution in [0.2, 0.25) is 0 Å². The smallest absolute Gasteiger partial charge is 0.0774 e. The average molecular weight is 278 g/mol. The Morgan fingerprint density at radius 2 is 2.21 bits per heavy atom. The van der Waals surface area contributed by atoms with Crippen LogP contribution >= 0.6 is 11.3 Å². The van der Waals surface area contributed by atoms with Crippen LogP contribution in [0.3, 0.4) is 0 Å². The number of aliphatic hydroxyl groups is 1. The van der Waals surface area contributed by atoms with E-state index in [2.05, 4.69) is 29.2 Å². The van der Waals surface area contributed by atoms with Crippen LogP contribution in [0.5, 0.6) is 0 Å². The lowest BCUT2D eigenvalue weighted by molar-refractivity contribution is 0.0147. The minimum atomic E-state index is -0.477. The van der Waals surface area contributed by atoms with Crippen LogP contribution in [-0.2, 0) is 6.54 Å². The Kier molecular flexibility index (Phi) is 5.00. The zero-order valence-electron chi connectivity index (χ0n) is 11.5. The Labute approximate surface area is 119 Å². The quantitative estimate of drug-likeness (QED) is 0.826. The van der Waals surface area contributed by atoms with Gasteiger partial charge in [-0.05, 0) is 31.3 Å². The molecule has 19 heavy (non-hydrogen) atoms. The largest absolute Gasteiger partial charge is 0.389 e. The molecule has 0 aliphatic heterocycles. The molecule has 0 saturated heterocycles. The number of hydrogen-bond donors (Lipinski definition) is 2. The third-order valence-electron chi connectivity index (χ3n) is 3.58. The summed E-state index contributed by atoms with van der Waals surface area (Å²) < 4.78 is 0. The van der Waals surface area contributed by atoms with E-state index in [1.54, 1.807) is 11.3 Å². The highest BCUT2D eigenvalue weighted by molar-refractivity contribution is 7.10. The van der Waals surface area contributed by atoms with Gasteiger partial charge in [0.1, 0.15) is 0 Å². The first-order chi connectivity index (χ1) is 9.13. The lowest BCUT2D eigenvalue weighted by Gasteiger charge is -2.28. The van der Waals surface area contributed by atoms with Gasteiger partial charge >= 0.3 is 0 Å². The fraction of sp³-hybridized carbons (Fsp3) is 0.600. The predicted octanol–water partition coefficient (Wildman–Crippen LogP) is 1.80. The zero-order valence-corrected chi connectivity index (χ0v) is 12.3. The second-order valence-electron chi connectivity index (χ2n) is 5.37. The minimum absolute atomic E-state index is 0.394. The molecule has 4 heteroatoms. The van der Waals surface area contributed by atoms with Crippen LogP contribution in [0.1, 0.15) is 36.1 Å². The summed E-state index contributed by atoms with van der Waals surface area (Å²) in [6.45, 7) is 1.98. The summed E-state index contributed by atoms with van der Waals surface area (Å²) in [5, 5.41) is 12.5. The van der Waals surface area contributed by atoms with Gasteiger partial charge in [0.2, 0.25) is 0 Å². The van der Waals surface area contributed by atoms with Gasteiger partial charge < -0.3 is 10.8 Å². The van der Waals surface area contributed by atoms with Crippen LogP contribution in [0.4, 0.5) is 0 Å². The van der Waals surface area contributed by atoms with Gasteiger partial charge in [-0.15, -0.1) is 11.3 Å². The van der Waals surface area contributed by atoms with Crippen LogP contribution in [0.25, 0.3) is 0 Å². The van der Waals surface area contributed by atoms with Crippen molar-refractivity contribution in [2.24, 2.45) is 5.73 Å². The summed E-state index contributed by atoms with van der Waals surface area (Å²) in [7, 11) is 2.07. The number of nitrogens with zero attached hydrogens (tertiary/aromatic N) is 1. The standard InChI is InChI=1S/C15H22N2OS/c1-17(12-15(18)7-2-3-8-15)11-14-13(5-4-9-16)6-10-19-14/h6,10,18H,2-3,7-9,11-12,16H2,1H3. The number of thiophene rings is 1. The van der Waals surface area contributed by atoms with Gasteiger partial charge in [-0.3, -0.25) is 4.90 Å². The van der Waals surface area contributed by atoms with Crippen molar-refractivity contribution in [1.29, 1.82) is 0 Å². The predicted molar refractivity (Wildman–Crippen MR) is 80.0 cm³/mol. The minimum Gasteiger partial charge on any atom is -0.389 e. The lowest BCUT2D eigenvalue weighted by atomic mass is 10.0. The van der Waals surface area contributed by atoms with Gasteiger partial charge in [-0.25, -0.2) is 0 Å². The number of rotatable bonds is 4. The van der Waals surface area contributed by atoms with Crippen molar-refractivity contribution in [3.8, 4) is 11.8 Å². The molecule has 1 aliphatic carbocycles. The molecule has 0 aromatic carbocycles. The van der Waals surface area contributed by atoms with E-state index in [0.717, 1.165) is 44.3 Å². The van der Waals surface area contributed by atoms with E-state index in [4.69, 9.17) is 5.73 Å². The monoisotopic (exact) mass is 278 g/mol. The van der Waals surface area contributed by atoms with Crippen LogP contribution in [0.15, 0.2) is 11.4 Å². The summed E-state index contributed by atoms with van der Waals surface area (Å²) in [6.07, 6.45) is 4.16. The Bertz CT molecular complexity index is 466. The highest BCUT2D eigenvalue weighted by Crippen LogP contribution is 2.30. The maximum Gasteiger partial charge on any atom is 0.0774 e. The van der Waals surface area contributed by atoms with Gasteiger partial charge in [0.15, 0.2) is 0 Å². The Hall–Kier alpha value is -0.860. The first kappa shape index (κ1) is 14.5. The molecular formula is C15H22N2OS. The van der Waals surface area contributed by atoms with Gasteiger partial charge in [0.25, 0.3) is 0 Å². The third kappa shape index (κ3) is 4.05. The molecule has 2 rings (SSSR count). The highest BCUT2D eigenvalue weighted by atomic mass is 32.1. The summed E-state index contributed by atoms with van der Waals surface area (Å²) in [5.41, 5.74) is 6.00. The van der Waals surface area contributed by atoms with Crippen molar-refractivity contribution in [2.45, 2.75) is 37.8 Å². The van der Waals surface area contributed by atoms with Gasteiger partial charge in [-0.2, -0.15) is 0 Å². The van der Waals surface area contributed by atoms with Gasteiger partial charge in [0, 0.05) is 23.5 Å². The molecule has 1 heterocycles. The Morgan fingerprint density at radius 1 is 1.47 bits per heavy atom. The van der Waals surface area contributed by atoms with E-state index in [0.29, 0.717) is 6.54 Å². The summed E-state index contributed by atoms with van der Waals surface area (Å²) in [5.74, 6) is 6.01. The molecule has 0 atom stereocenters. The van der Waals surface area contributed by atoms with Crippen molar-refractivity contribution in [3.63, 3.8) is 0 Å². The molecule has 1 fully saturated rings. The molecule has 0 spiro atoms. The first-order valence-electron chi connectivity index (χ1n) is 6.79. The maximum atomic E-state index is 10.4. The van der Waals surface area contributed by atoms with E-state index < -0.39 is 5.60 Å². The fourth-order valence-corrected chi connectivity index (χ4v) is 3.62. The van der Waals surface area contributed by atoms with E-state index in [1.165, 1.54) is 4.88 Å². The van der Waals surface area contributed by atoms with Crippen molar-refractivity contribution in [2.75, 3.05) is 20.1 Å². The van der Waals surface area contributed by atoms with E-state index in [-0.39, 0.29) is 0 Å². The second-order valence-corrected chi connectivity index (χ2v) is 6.37. The molecule has 0 radical (unpaired) electrons. The molecule has 3 N–H and O–H groups in total. The molecule has 1 aliphatic rings. The van der Waals surface area contributed by atoms with E-state index >= 15 is 0 Å². The second kappa shape index (κ2) is 6.53. The molecule has 0 amide bonds. The molecular weight excluding hydrogens is 256 g/mol. The first-order valence-corrected chi connectivity index (χ1v) is 7.67. The van der Waals surface area contributed by atoms with E-state index in [1.807, 2.05) is 6.07 Å². The molecule has 0 bridgehead atoms. The molecule has 1 saturated carbocycles. The number of likely N-dealkylation sites (N-methyl/N-ethyl adjacent to an activating group) is 1. The van der Waals surface area contributed by atoms with E-state index in [9.17, 15) is 5.11 Å². The Balaban J connectivity index is 1.95. The van der Waals surface area contributed by atoms with Crippen LogP contribution < -0.4 is 5.73 Å². The SMILES string of the molecule is CN(Cc1sccc1C#CCN)CC1(O)CCCC1. The lowest BCUT2D eigenvalue weighted by Crippen LogP contribution is -2.38. The Morgan fingerprint density at radius 3 is 2.89 bits per heavy atom. The molecule has 3 nitrogen and oxygen atoms in total. The number of nitrogens with two attached hydrogens (primary N) is 1.